The molecule has 0 saturated heterocycles. The highest BCUT2D eigenvalue weighted by Crippen LogP contribution is 2.43. The summed E-state index contributed by atoms with van der Waals surface area (Å²) in [5.74, 6) is 0. The van der Waals surface area contributed by atoms with Gasteiger partial charge in [0.25, 0.3) is 0 Å². The lowest BCUT2D eigenvalue weighted by Gasteiger charge is -2.25. The van der Waals surface area contributed by atoms with E-state index in [1.165, 1.54) is 66.6 Å². The molecular weight excluding hydrogens is 849 g/mol. The highest BCUT2D eigenvalue weighted by Gasteiger charge is 2.22. The monoisotopic (exact) mass is 898 g/mol. The minimum Gasteiger partial charge on any atom is -0.313 e. The van der Waals surface area contributed by atoms with E-state index in [2.05, 4.69) is 300 Å². The average Bonchev–Trinajstić information content (AvgIpc) is 3.89. The normalized spacial score (nSPS) is 11.3. The molecule has 4 nitrogen and oxygen atoms in total. The SMILES string of the molecule is Cc1c(-c2ccccc2)c2cc(-c3ccc4c(c3)c(-c3ccccc3)c(C)n4-c3ccc(N(c4ccccc4)c4ccccc4)cc3)ccc2n1-c1ccc(N(c2ccccc2)c2ccccc2)cc1. The van der Waals surface area contributed by atoms with Gasteiger partial charge in [0.2, 0.25) is 0 Å². The molecule has 0 fully saturated rings. The van der Waals surface area contributed by atoms with Crippen LogP contribution in [-0.2, 0) is 0 Å². The number of para-hydroxylation sites is 4. The lowest BCUT2D eigenvalue weighted by Crippen LogP contribution is -2.09. The molecule has 334 valence electrons. The van der Waals surface area contributed by atoms with Gasteiger partial charge in [-0.1, -0.05) is 146 Å². The molecule has 0 spiro atoms. The summed E-state index contributed by atoms with van der Waals surface area (Å²) in [6, 6.07) is 96.0. The smallest absolute Gasteiger partial charge is 0.0538 e. The number of anilines is 6. The molecule has 0 bridgehead atoms. The number of hydrogen-bond acceptors (Lipinski definition) is 2. The molecule has 0 N–H and O–H groups in total. The van der Waals surface area contributed by atoms with E-state index in [1.807, 2.05) is 0 Å². The van der Waals surface area contributed by atoms with E-state index in [0.717, 1.165) is 45.5 Å². The van der Waals surface area contributed by atoms with E-state index in [9.17, 15) is 0 Å². The van der Waals surface area contributed by atoms with Crippen LogP contribution in [-0.4, -0.2) is 9.13 Å². The maximum Gasteiger partial charge on any atom is 0.0538 e. The van der Waals surface area contributed by atoms with Gasteiger partial charge in [-0.15, -0.1) is 0 Å². The van der Waals surface area contributed by atoms with Crippen molar-refractivity contribution in [2.45, 2.75) is 13.8 Å². The van der Waals surface area contributed by atoms with Crippen LogP contribution in [0.2, 0.25) is 0 Å². The summed E-state index contributed by atoms with van der Waals surface area (Å²) in [6.07, 6.45) is 0. The van der Waals surface area contributed by atoms with Crippen molar-refractivity contribution < 1.29 is 0 Å². The molecular formula is C66H50N4. The van der Waals surface area contributed by atoms with E-state index in [1.54, 1.807) is 0 Å². The minimum atomic E-state index is 1.10. The fraction of sp³-hybridized carbons (Fsp3) is 0.0303. The number of aromatic nitrogens is 2. The van der Waals surface area contributed by atoms with Crippen LogP contribution < -0.4 is 9.80 Å². The highest BCUT2D eigenvalue weighted by atomic mass is 15.1. The summed E-state index contributed by atoms with van der Waals surface area (Å²) in [7, 11) is 0. The molecule has 0 radical (unpaired) electrons. The third kappa shape index (κ3) is 7.62. The van der Waals surface area contributed by atoms with Crippen molar-refractivity contribution in [1.82, 2.24) is 9.13 Å². The van der Waals surface area contributed by atoms with Gasteiger partial charge in [-0.3, -0.25) is 0 Å². The van der Waals surface area contributed by atoms with Gasteiger partial charge in [-0.25, -0.2) is 0 Å². The second-order valence-electron chi connectivity index (χ2n) is 17.8. The summed E-state index contributed by atoms with van der Waals surface area (Å²) < 4.78 is 4.84. The minimum absolute atomic E-state index is 1.10. The molecule has 2 aromatic heterocycles. The van der Waals surface area contributed by atoms with Gasteiger partial charge in [0.1, 0.15) is 0 Å². The molecule has 0 unspecified atom stereocenters. The van der Waals surface area contributed by atoms with Crippen molar-refractivity contribution in [2.24, 2.45) is 0 Å². The maximum absolute atomic E-state index is 2.42. The first-order valence-corrected chi connectivity index (χ1v) is 24.0. The Labute approximate surface area is 409 Å². The average molecular weight is 899 g/mol. The van der Waals surface area contributed by atoms with Crippen molar-refractivity contribution in [3.63, 3.8) is 0 Å². The summed E-state index contributed by atoms with van der Waals surface area (Å²) in [5.41, 5.74) is 20.9. The Morgan fingerprint density at radius 2 is 0.529 bits per heavy atom. The lowest BCUT2D eigenvalue weighted by atomic mass is 9.96. The quantitative estimate of drug-likeness (QED) is 0.129. The summed E-state index contributed by atoms with van der Waals surface area (Å²) in [5, 5.41) is 2.44. The first kappa shape index (κ1) is 42.2. The van der Waals surface area contributed by atoms with Gasteiger partial charge in [0.05, 0.1) is 11.0 Å². The Morgan fingerprint density at radius 1 is 0.257 bits per heavy atom. The van der Waals surface area contributed by atoms with E-state index in [0.29, 0.717) is 0 Å². The first-order valence-electron chi connectivity index (χ1n) is 24.0. The highest BCUT2D eigenvalue weighted by molar-refractivity contribution is 6.04. The topological polar surface area (TPSA) is 16.3 Å². The third-order valence-electron chi connectivity index (χ3n) is 13.7. The fourth-order valence-corrected chi connectivity index (χ4v) is 10.5. The number of rotatable bonds is 11. The molecule has 70 heavy (non-hydrogen) atoms. The summed E-state index contributed by atoms with van der Waals surface area (Å²) in [6.45, 7) is 4.51. The zero-order chi connectivity index (χ0) is 47.0. The van der Waals surface area contributed by atoms with Crippen LogP contribution in [0.3, 0.4) is 0 Å². The van der Waals surface area contributed by atoms with Crippen LogP contribution in [0.4, 0.5) is 34.1 Å². The van der Waals surface area contributed by atoms with Gasteiger partial charge in [-0.05, 0) is 157 Å². The van der Waals surface area contributed by atoms with Gasteiger partial charge in [0.15, 0.2) is 0 Å². The van der Waals surface area contributed by atoms with Crippen molar-refractivity contribution in [1.29, 1.82) is 0 Å². The second-order valence-corrected chi connectivity index (χ2v) is 17.8. The lowest BCUT2D eigenvalue weighted by molar-refractivity contribution is 1.05. The van der Waals surface area contributed by atoms with Crippen LogP contribution in [0.25, 0.3) is 66.6 Å². The Balaban J connectivity index is 0.963. The van der Waals surface area contributed by atoms with Gasteiger partial charge >= 0.3 is 0 Å². The fourth-order valence-electron chi connectivity index (χ4n) is 10.5. The molecule has 0 amide bonds. The molecule has 4 heteroatoms. The Kier molecular flexibility index (Phi) is 11.0. The second kappa shape index (κ2) is 18.2. The summed E-state index contributed by atoms with van der Waals surface area (Å²) >= 11 is 0. The number of nitrogens with zero attached hydrogens (tertiary/aromatic N) is 4. The Hall–Kier alpha value is -9.12. The predicted octanol–water partition coefficient (Wildman–Crippen LogP) is 18.1. The van der Waals surface area contributed by atoms with E-state index in [-0.39, 0.29) is 0 Å². The van der Waals surface area contributed by atoms with Crippen LogP contribution in [0.1, 0.15) is 11.4 Å². The third-order valence-corrected chi connectivity index (χ3v) is 13.7. The van der Waals surface area contributed by atoms with Crippen LogP contribution >= 0.6 is 0 Å². The van der Waals surface area contributed by atoms with Crippen LogP contribution in [0.15, 0.2) is 267 Å². The predicted molar refractivity (Wildman–Crippen MR) is 295 cm³/mol. The Bertz CT molecular complexity index is 3400. The van der Waals surface area contributed by atoms with Crippen molar-refractivity contribution in [3.8, 4) is 44.8 Å². The zero-order valence-electron chi connectivity index (χ0n) is 39.2. The van der Waals surface area contributed by atoms with Crippen molar-refractivity contribution >= 4 is 55.9 Å². The molecule has 10 aromatic carbocycles. The summed E-state index contributed by atoms with van der Waals surface area (Å²) in [4.78, 5) is 4.62. The van der Waals surface area contributed by atoms with Crippen LogP contribution in [0.5, 0.6) is 0 Å². The molecule has 0 aliphatic rings. The standard InChI is InChI=1S/C66H50N4/c1-47-65(49-21-9-3-10-22-49)61-45-51(33-43-63(61)67(47)57-35-39-59(40-36-57)69(53-25-13-5-14-26-53)54-27-15-6-16-28-54)52-34-44-64-62(46-52)66(50-23-11-4-12-24-50)48(2)68(64)58-37-41-60(42-38-58)70(55-29-17-7-18-30-55)56-31-19-8-20-32-56/h3-46H,1-2H3. The molecule has 12 aromatic rings. The molecule has 0 aliphatic heterocycles. The number of fused-ring (bicyclic) bond motifs is 2. The van der Waals surface area contributed by atoms with E-state index < -0.39 is 0 Å². The number of hydrogen-bond donors (Lipinski definition) is 0. The zero-order valence-corrected chi connectivity index (χ0v) is 39.2. The van der Waals surface area contributed by atoms with E-state index >= 15 is 0 Å². The Morgan fingerprint density at radius 3 is 0.829 bits per heavy atom. The molecule has 2 heterocycles. The maximum atomic E-state index is 2.42. The van der Waals surface area contributed by atoms with Gasteiger partial charge in [0, 0.05) is 78.8 Å². The largest absolute Gasteiger partial charge is 0.313 e. The molecule has 0 atom stereocenters. The molecule has 0 saturated carbocycles. The van der Waals surface area contributed by atoms with Crippen molar-refractivity contribution in [2.75, 3.05) is 9.80 Å². The first-order chi connectivity index (χ1) is 34.6. The molecule has 12 rings (SSSR count). The van der Waals surface area contributed by atoms with Gasteiger partial charge < -0.3 is 18.9 Å². The number of benzene rings is 10. The molecule has 0 aliphatic carbocycles. The van der Waals surface area contributed by atoms with Gasteiger partial charge in [-0.2, -0.15) is 0 Å². The van der Waals surface area contributed by atoms with Crippen molar-refractivity contribution in [3.05, 3.63) is 278 Å². The van der Waals surface area contributed by atoms with Crippen LogP contribution in [0, 0.1) is 13.8 Å². The van der Waals surface area contributed by atoms with E-state index in [4.69, 9.17) is 0 Å².